The van der Waals surface area contributed by atoms with Crippen LogP contribution in [0.2, 0.25) is 0 Å². The van der Waals surface area contributed by atoms with Crippen LogP contribution in [0.15, 0.2) is 36.5 Å². The summed E-state index contributed by atoms with van der Waals surface area (Å²) in [6, 6.07) is 0. The van der Waals surface area contributed by atoms with Crippen molar-refractivity contribution in [2.75, 3.05) is 0 Å². The number of hydrogen-bond acceptors (Lipinski definition) is 0. The van der Waals surface area contributed by atoms with Crippen molar-refractivity contribution in [2.24, 2.45) is 0 Å². The minimum Gasteiger partial charge on any atom is -1.00 e. The Morgan fingerprint density at radius 3 is 1.33 bits per heavy atom. The molecule has 12 heavy (non-hydrogen) atoms. The second kappa shape index (κ2) is 11.6. The third-order valence-electron chi connectivity index (χ3n) is 1.17. The topological polar surface area (TPSA) is 0 Å². The van der Waals surface area contributed by atoms with Gasteiger partial charge in [0.1, 0.15) is 0 Å². The van der Waals surface area contributed by atoms with Gasteiger partial charge in [0.05, 0.1) is 0 Å². The van der Waals surface area contributed by atoms with E-state index in [2.05, 4.69) is 24.3 Å². The Morgan fingerprint density at radius 2 is 1.25 bits per heavy atom. The maximum absolute atomic E-state index is 2.99. The number of halogens is 1. The van der Waals surface area contributed by atoms with E-state index in [0.717, 1.165) is 12.8 Å². The molecule has 2 rings (SSSR count). The normalized spacial score (nSPS) is 14.7. The van der Waals surface area contributed by atoms with E-state index in [0.29, 0.717) is 0 Å². The van der Waals surface area contributed by atoms with E-state index >= 15 is 0 Å². The molecule has 0 unspecified atom stereocenters. The van der Waals surface area contributed by atoms with Crippen LogP contribution in [0.1, 0.15) is 12.8 Å². The Balaban J connectivity index is 0. The Labute approximate surface area is 114 Å². The molecule has 2 aliphatic rings. The predicted molar refractivity (Wildman–Crippen MR) is 43.1 cm³/mol. The van der Waals surface area contributed by atoms with Crippen molar-refractivity contribution < 1.29 is 54.2 Å². The molecule has 1 radical (unpaired) electrons. The molecule has 0 spiro atoms. The van der Waals surface area contributed by atoms with Gasteiger partial charge in [-0.05, 0) is 0 Å². The second-order valence-corrected chi connectivity index (χ2v) is 2.01. The average Bonchev–Trinajstić information content (AvgIpc) is 2.67. The van der Waals surface area contributed by atoms with Gasteiger partial charge < -0.3 is 12.4 Å². The summed E-state index contributed by atoms with van der Waals surface area (Å²) in [4.78, 5) is 0. The van der Waals surface area contributed by atoms with Crippen LogP contribution < -0.4 is 12.4 Å². The number of allylic oxidation sites excluding steroid dienone is 8. The second-order valence-electron chi connectivity index (χ2n) is 2.01. The van der Waals surface area contributed by atoms with Crippen molar-refractivity contribution in [3.63, 3.8) is 0 Å². The summed E-state index contributed by atoms with van der Waals surface area (Å²) in [5.74, 6) is 0. The van der Waals surface area contributed by atoms with Gasteiger partial charge in [-0.2, -0.15) is 12.2 Å². The maximum atomic E-state index is 2.99. The Morgan fingerprint density at radius 1 is 0.833 bits per heavy atom. The van der Waals surface area contributed by atoms with Crippen LogP contribution in [0, 0.1) is 53.9 Å². The molecule has 0 N–H and O–H groups in total. The van der Waals surface area contributed by atoms with E-state index in [1.165, 1.54) is 0 Å². The number of rotatable bonds is 0. The fraction of sp³-hybridized carbons (Fsp3) is 0.200. The summed E-state index contributed by atoms with van der Waals surface area (Å²) in [6.45, 7) is 0. The monoisotopic (exact) mass is 305 g/mol. The minimum absolute atomic E-state index is 0. The van der Waals surface area contributed by atoms with Gasteiger partial charge in [0.2, 0.25) is 0 Å². The first kappa shape index (κ1) is 15.1. The molecule has 0 fully saturated rings. The van der Waals surface area contributed by atoms with Gasteiger partial charge in [-0.1, -0.05) is 0 Å². The van der Waals surface area contributed by atoms with Gasteiger partial charge in [-0.15, -0.1) is 12.8 Å². The van der Waals surface area contributed by atoms with Gasteiger partial charge in [0.25, 0.3) is 0 Å². The van der Waals surface area contributed by atoms with Crippen LogP contribution in [0.4, 0.5) is 0 Å². The molecule has 0 saturated carbocycles. The molecule has 0 aromatic carbocycles. The van der Waals surface area contributed by atoms with Crippen LogP contribution in [-0.2, 0) is 0 Å². The van der Waals surface area contributed by atoms with Gasteiger partial charge in [0, 0.05) is 0 Å². The Kier molecular flexibility index (Phi) is 14.6. The third kappa shape index (κ3) is 8.72. The molecule has 0 bridgehead atoms. The molecule has 0 heterocycles. The zero-order valence-corrected chi connectivity index (χ0v) is 10.7. The summed E-state index contributed by atoms with van der Waals surface area (Å²) in [6.07, 6.45) is 20.0. The van der Waals surface area contributed by atoms with Crippen LogP contribution in [-0.4, -0.2) is 0 Å². The summed E-state index contributed by atoms with van der Waals surface area (Å²) >= 11 is 0. The van der Waals surface area contributed by atoms with Gasteiger partial charge in [-0.25, -0.2) is 24.3 Å². The van der Waals surface area contributed by atoms with E-state index < -0.39 is 0 Å². The van der Waals surface area contributed by atoms with Crippen molar-refractivity contribution in [1.29, 1.82) is 0 Å². The molecular weight excluding hydrogens is 296 g/mol. The van der Waals surface area contributed by atoms with Crippen LogP contribution in [0.5, 0.6) is 0 Å². The molecule has 61 valence electrons. The molecule has 0 saturated heterocycles. The molecule has 0 nitrogen and oxygen atoms in total. The molecule has 0 aromatic rings. The van der Waals surface area contributed by atoms with Gasteiger partial charge >= 0.3 is 41.7 Å². The molecule has 0 atom stereocenters. The van der Waals surface area contributed by atoms with Crippen molar-refractivity contribution in [3.05, 3.63) is 48.6 Å². The minimum atomic E-state index is 0. The van der Waals surface area contributed by atoms with Crippen molar-refractivity contribution >= 4 is 0 Å². The zero-order chi connectivity index (χ0) is 7.07. The van der Waals surface area contributed by atoms with Crippen LogP contribution >= 0.6 is 0 Å². The first-order chi connectivity index (χ1) is 5.00. The van der Waals surface area contributed by atoms with E-state index in [9.17, 15) is 0 Å². The summed E-state index contributed by atoms with van der Waals surface area (Å²) in [7, 11) is 0. The predicted octanol–water partition coefficient (Wildman–Crippen LogP) is -0.385. The van der Waals surface area contributed by atoms with E-state index in [1.807, 2.05) is 24.3 Å². The van der Waals surface area contributed by atoms with Gasteiger partial charge in [0.15, 0.2) is 0 Å². The summed E-state index contributed by atoms with van der Waals surface area (Å²) < 4.78 is 0. The third-order valence-corrected chi connectivity index (χ3v) is 1.17. The molecule has 2 heteroatoms. The van der Waals surface area contributed by atoms with Crippen molar-refractivity contribution in [1.82, 2.24) is 0 Å². The largest absolute Gasteiger partial charge is 3.00 e. The van der Waals surface area contributed by atoms with Crippen LogP contribution in [0.25, 0.3) is 0 Å². The maximum Gasteiger partial charge on any atom is 3.00 e. The van der Waals surface area contributed by atoms with E-state index in [-0.39, 0.29) is 54.2 Å². The van der Waals surface area contributed by atoms with Crippen LogP contribution in [0.3, 0.4) is 0 Å². The standard InChI is InChI=1S/2C5H5.Ce.ClH/c2*1-2-4-5-3-1;;/h2*1-3H,4H2;;1H/q2*-1;+3;/p-1. The molecule has 0 aromatic heterocycles. The van der Waals surface area contributed by atoms with E-state index in [4.69, 9.17) is 0 Å². The Bertz CT molecular complexity index is 148. The molecule has 0 amide bonds. The first-order valence-corrected chi connectivity index (χ1v) is 3.43. The number of hydrogen-bond donors (Lipinski definition) is 0. The average molecular weight is 306 g/mol. The first-order valence-electron chi connectivity index (χ1n) is 3.43. The fourth-order valence-electron chi connectivity index (χ4n) is 0.680. The summed E-state index contributed by atoms with van der Waals surface area (Å²) in [5, 5.41) is 0. The molecule has 0 aliphatic heterocycles. The Hall–Kier alpha value is 0.627. The summed E-state index contributed by atoms with van der Waals surface area (Å²) in [5.41, 5.74) is 0. The molecule has 2 aliphatic carbocycles. The van der Waals surface area contributed by atoms with Crippen molar-refractivity contribution in [2.45, 2.75) is 12.8 Å². The zero-order valence-electron chi connectivity index (χ0n) is 6.76. The quantitative estimate of drug-likeness (QED) is 0.535. The van der Waals surface area contributed by atoms with Gasteiger partial charge in [-0.3, -0.25) is 12.2 Å². The van der Waals surface area contributed by atoms with Crippen molar-refractivity contribution in [3.8, 4) is 0 Å². The molecular formula is C10H10CeCl. The smallest absolute Gasteiger partial charge is 1.00 e. The SMILES string of the molecule is [C-]1=CC=CC1.[C-]1=CC=CC1.[Ce+3].[Cl-]. The van der Waals surface area contributed by atoms with E-state index in [1.54, 1.807) is 0 Å². The fourth-order valence-corrected chi connectivity index (χ4v) is 0.680.